The molecule has 1 atom stereocenters. The van der Waals surface area contributed by atoms with E-state index < -0.39 is 0 Å². The molecule has 0 spiro atoms. The average molecular weight is 551 g/mol. The molecule has 3 aromatic rings. The first kappa shape index (κ1) is 28.7. The van der Waals surface area contributed by atoms with Gasteiger partial charge in [-0.3, -0.25) is 0 Å². The fraction of sp³-hybridized carbons (Fsp3) is 0.485. The van der Waals surface area contributed by atoms with Crippen LogP contribution < -0.4 is 15.1 Å². The number of aromatic nitrogens is 2. The Morgan fingerprint density at radius 2 is 1.80 bits per heavy atom. The molecular formula is C33H42N8. The van der Waals surface area contributed by atoms with Gasteiger partial charge in [0.05, 0.1) is 30.8 Å². The lowest BCUT2D eigenvalue weighted by Gasteiger charge is -2.41. The van der Waals surface area contributed by atoms with Crippen LogP contribution in [0.1, 0.15) is 36.0 Å². The summed E-state index contributed by atoms with van der Waals surface area (Å²) in [6, 6.07) is 18.2. The number of benzene rings is 2. The summed E-state index contributed by atoms with van der Waals surface area (Å²) < 4.78 is 0. The Kier molecular flexibility index (Phi) is 9.24. The highest BCUT2D eigenvalue weighted by molar-refractivity contribution is 5.95. The molecule has 1 unspecified atom stereocenters. The SMILES string of the molecule is C#CN1CCN(c2nc(CC)nc3c2CCN(c2cc(C)cc4ccccc24)C3)CC1CC#N.C1CN1.CN1CC1. The third-order valence-electron chi connectivity index (χ3n) is 7.93. The maximum atomic E-state index is 9.30. The van der Waals surface area contributed by atoms with Crippen molar-refractivity contribution >= 4 is 22.3 Å². The number of nitrogens with one attached hydrogen (secondary N) is 1. The minimum Gasteiger partial charge on any atom is -0.365 e. The van der Waals surface area contributed by atoms with Crippen LogP contribution in [0.5, 0.6) is 0 Å². The van der Waals surface area contributed by atoms with Crippen LogP contribution in [-0.2, 0) is 19.4 Å². The molecule has 0 bridgehead atoms. The molecule has 8 nitrogen and oxygen atoms in total. The lowest BCUT2D eigenvalue weighted by Crippen LogP contribution is -2.52. The first-order valence-electron chi connectivity index (χ1n) is 14.9. The van der Waals surface area contributed by atoms with Gasteiger partial charge in [0.1, 0.15) is 11.6 Å². The van der Waals surface area contributed by atoms with Crippen LogP contribution in [0.4, 0.5) is 11.5 Å². The van der Waals surface area contributed by atoms with Crippen LogP contribution in [0.25, 0.3) is 10.8 Å². The number of piperazine rings is 1. The zero-order chi connectivity index (χ0) is 28.8. The Balaban J connectivity index is 0.000000421. The van der Waals surface area contributed by atoms with Gasteiger partial charge in [0, 0.05) is 81.5 Å². The first-order valence-corrected chi connectivity index (χ1v) is 14.9. The van der Waals surface area contributed by atoms with Gasteiger partial charge in [-0.1, -0.05) is 43.7 Å². The van der Waals surface area contributed by atoms with Crippen molar-refractivity contribution in [1.82, 2.24) is 25.1 Å². The fourth-order valence-corrected chi connectivity index (χ4v) is 5.38. The molecule has 4 aliphatic heterocycles. The largest absolute Gasteiger partial charge is 0.365 e. The lowest BCUT2D eigenvalue weighted by molar-refractivity contribution is 0.267. The monoisotopic (exact) mass is 550 g/mol. The Hall–Kier alpha value is -3.85. The second kappa shape index (κ2) is 13.2. The molecule has 1 N–H and O–H groups in total. The molecule has 5 heterocycles. The number of likely N-dealkylation sites (N-methyl/N-ethyl adjacent to an activating group) is 1. The number of anilines is 2. The van der Waals surface area contributed by atoms with E-state index in [9.17, 15) is 5.26 Å². The van der Waals surface area contributed by atoms with Crippen molar-refractivity contribution in [2.45, 2.75) is 45.7 Å². The van der Waals surface area contributed by atoms with Gasteiger partial charge in [0.25, 0.3) is 0 Å². The molecule has 7 rings (SSSR count). The van der Waals surface area contributed by atoms with Gasteiger partial charge in [0.2, 0.25) is 0 Å². The Labute approximate surface area is 245 Å². The number of terminal acetylenes is 1. The van der Waals surface area contributed by atoms with Crippen LogP contribution in [0.3, 0.4) is 0 Å². The smallest absolute Gasteiger partial charge is 0.136 e. The van der Waals surface area contributed by atoms with E-state index in [-0.39, 0.29) is 6.04 Å². The molecule has 41 heavy (non-hydrogen) atoms. The molecule has 4 aliphatic rings. The van der Waals surface area contributed by atoms with Crippen LogP contribution >= 0.6 is 0 Å². The van der Waals surface area contributed by atoms with Crippen molar-refractivity contribution < 1.29 is 0 Å². The molecule has 1 aromatic heterocycles. The van der Waals surface area contributed by atoms with Crippen molar-refractivity contribution in [3.8, 4) is 18.5 Å². The van der Waals surface area contributed by atoms with Crippen LogP contribution in [0.2, 0.25) is 0 Å². The Bertz CT molecular complexity index is 1430. The highest BCUT2D eigenvalue weighted by atomic mass is 15.3. The van der Waals surface area contributed by atoms with Gasteiger partial charge in [-0.2, -0.15) is 5.26 Å². The quantitative estimate of drug-likeness (QED) is 0.390. The van der Waals surface area contributed by atoms with E-state index in [0.29, 0.717) is 6.42 Å². The highest BCUT2D eigenvalue weighted by Gasteiger charge is 2.31. The minimum absolute atomic E-state index is 0.0261. The molecular weight excluding hydrogens is 508 g/mol. The summed E-state index contributed by atoms with van der Waals surface area (Å²) in [5.41, 5.74) is 4.91. The number of rotatable bonds is 4. The highest BCUT2D eigenvalue weighted by Crippen LogP contribution is 2.34. The minimum atomic E-state index is 0.0261. The molecule has 3 fully saturated rings. The third kappa shape index (κ3) is 7.27. The predicted octanol–water partition coefficient (Wildman–Crippen LogP) is 3.58. The number of nitriles is 1. The topological polar surface area (TPSA) is 84.2 Å². The summed E-state index contributed by atoms with van der Waals surface area (Å²) in [5, 5.41) is 14.9. The van der Waals surface area contributed by atoms with Crippen molar-refractivity contribution in [3.05, 3.63) is 59.0 Å². The average Bonchev–Trinajstić information content (AvgIpc) is 3.93. The van der Waals surface area contributed by atoms with Crippen LogP contribution in [-0.4, -0.2) is 85.2 Å². The summed E-state index contributed by atoms with van der Waals surface area (Å²) in [6.45, 7) is 13.4. The number of aryl methyl sites for hydroxylation is 2. The second-order valence-corrected chi connectivity index (χ2v) is 11.3. The van der Waals surface area contributed by atoms with Gasteiger partial charge >= 0.3 is 0 Å². The van der Waals surface area contributed by atoms with Crippen molar-refractivity contribution in [3.63, 3.8) is 0 Å². The molecule has 0 radical (unpaired) electrons. The van der Waals surface area contributed by atoms with E-state index in [1.165, 1.54) is 53.8 Å². The van der Waals surface area contributed by atoms with E-state index >= 15 is 0 Å². The Morgan fingerprint density at radius 1 is 1.05 bits per heavy atom. The number of hydrogen-bond donors (Lipinski definition) is 1. The maximum Gasteiger partial charge on any atom is 0.136 e. The standard InChI is InChI=1S/C28H30N6.C3H7N.C2H5N/c1-4-27-30-25-19-33(26-17-20(3)16-21-8-6-7-9-23(21)26)13-11-24(25)28(31-27)34-15-14-32(5-2)22(18-34)10-12-29;1-4-2-3-4;1-2-3-1/h2,6-9,16-17,22H,4,10-11,13-15,18-19H2,1,3H3;2-3H2,1H3;3H,1-2H2. The van der Waals surface area contributed by atoms with E-state index in [4.69, 9.17) is 16.4 Å². The summed E-state index contributed by atoms with van der Waals surface area (Å²) >= 11 is 0. The van der Waals surface area contributed by atoms with Gasteiger partial charge in [0.15, 0.2) is 0 Å². The molecule has 0 aliphatic carbocycles. The zero-order valence-corrected chi connectivity index (χ0v) is 24.7. The van der Waals surface area contributed by atoms with E-state index in [1.54, 1.807) is 0 Å². The number of hydrogen-bond acceptors (Lipinski definition) is 8. The first-order chi connectivity index (χ1) is 20.0. The van der Waals surface area contributed by atoms with Gasteiger partial charge in [-0.15, -0.1) is 0 Å². The summed E-state index contributed by atoms with van der Waals surface area (Å²) in [5.74, 6) is 1.91. The van der Waals surface area contributed by atoms with E-state index in [0.717, 1.165) is 62.9 Å². The van der Waals surface area contributed by atoms with Crippen molar-refractivity contribution in [1.29, 1.82) is 5.26 Å². The third-order valence-corrected chi connectivity index (χ3v) is 7.93. The summed E-state index contributed by atoms with van der Waals surface area (Å²) in [4.78, 5) is 19.0. The maximum absolute atomic E-state index is 9.30. The van der Waals surface area contributed by atoms with Crippen molar-refractivity contribution in [2.75, 3.05) is 69.2 Å². The molecule has 2 aromatic carbocycles. The number of fused-ring (bicyclic) bond motifs is 2. The van der Waals surface area contributed by atoms with E-state index in [2.05, 4.69) is 89.4 Å². The van der Waals surface area contributed by atoms with Gasteiger partial charge in [-0.25, -0.2) is 9.97 Å². The van der Waals surface area contributed by atoms with Crippen LogP contribution in [0, 0.1) is 30.7 Å². The normalized spacial score (nSPS) is 19.1. The predicted molar refractivity (Wildman–Crippen MR) is 167 cm³/mol. The van der Waals surface area contributed by atoms with Gasteiger partial charge < -0.3 is 24.9 Å². The lowest BCUT2D eigenvalue weighted by atomic mass is 10.00. The molecule has 3 saturated heterocycles. The second-order valence-electron chi connectivity index (χ2n) is 11.3. The van der Waals surface area contributed by atoms with Crippen LogP contribution in [0.15, 0.2) is 36.4 Å². The fourth-order valence-electron chi connectivity index (χ4n) is 5.38. The number of nitrogens with zero attached hydrogens (tertiary/aromatic N) is 7. The summed E-state index contributed by atoms with van der Waals surface area (Å²) in [7, 11) is 2.11. The summed E-state index contributed by atoms with van der Waals surface area (Å²) in [6.07, 6.45) is 7.81. The van der Waals surface area contributed by atoms with Crippen molar-refractivity contribution in [2.24, 2.45) is 0 Å². The molecule has 214 valence electrons. The molecule has 0 amide bonds. The zero-order valence-electron chi connectivity index (χ0n) is 24.7. The Morgan fingerprint density at radius 3 is 2.46 bits per heavy atom. The van der Waals surface area contributed by atoms with E-state index in [1.807, 2.05) is 4.90 Å². The van der Waals surface area contributed by atoms with Gasteiger partial charge in [-0.05, 0) is 37.4 Å². The molecule has 8 heteroatoms. The molecule has 0 saturated carbocycles.